The number of hydrogen-bond donors (Lipinski definition) is 1. The Labute approximate surface area is 103 Å². The molecule has 0 spiro atoms. The van der Waals surface area contributed by atoms with Gasteiger partial charge in [-0.2, -0.15) is 0 Å². The first-order valence-corrected chi connectivity index (χ1v) is 6.00. The van der Waals surface area contributed by atoms with E-state index in [9.17, 15) is 4.79 Å². The molecule has 17 heavy (non-hydrogen) atoms. The van der Waals surface area contributed by atoms with Crippen molar-refractivity contribution >= 4 is 6.09 Å². The minimum Gasteiger partial charge on any atom is -0.444 e. The Balaban J connectivity index is 2.29. The first kappa shape index (κ1) is 14.3. The van der Waals surface area contributed by atoms with E-state index in [0.717, 1.165) is 0 Å². The van der Waals surface area contributed by atoms with Crippen LogP contribution >= 0.6 is 0 Å². The van der Waals surface area contributed by atoms with Gasteiger partial charge in [0, 0.05) is 5.92 Å². The van der Waals surface area contributed by atoms with Gasteiger partial charge in [0.05, 0.1) is 19.3 Å². The van der Waals surface area contributed by atoms with E-state index in [0.29, 0.717) is 19.1 Å². The number of carbonyl (C=O) groups is 1. The highest BCUT2D eigenvalue weighted by Gasteiger charge is 2.26. The first-order valence-electron chi connectivity index (χ1n) is 6.00. The Kier molecular flexibility index (Phi) is 4.77. The number of hydrogen-bond acceptors (Lipinski definition) is 4. The maximum atomic E-state index is 11.5. The molecule has 1 aliphatic heterocycles. The van der Waals surface area contributed by atoms with Gasteiger partial charge in [0.1, 0.15) is 5.60 Å². The third-order valence-corrected chi connectivity index (χ3v) is 2.19. The van der Waals surface area contributed by atoms with Crippen molar-refractivity contribution in [1.29, 1.82) is 0 Å². The number of ether oxygens (including phenoxy) is 3. The second-order valence-corrected chi connectivity index (χ2v) is 5.62. The van der Waals surface area contributed by atoms with E-state index in [1.807, 2.05) is 34.6 Å². The summed E-state index contributed by atoms with van der Waals surface area (Å²) in [5, 5.41) is 2.72. The van der Waals surface area contributed by atoms with Crippen LogP contribution in [0.25, 0.3) is 0 Å². The molecule has 0 aliphatic carbocycles. The molecular formula is C12H23NO4. The molecule has 0 radical (unpaired) electrons. The zero-order valence-corrected chi connectivity index (χ0v) is 11.3. The second kappa shape index (κ2) is 5.69. The molecule has 1 N–H and O–H groups in total. The van der Waals surface area contributed by atoms with Crippen molar-refractivity contribution in [3.8, 4) is 0 Å². The Bertz CT molecular complexity index is 252. The van der Waals surface area contributed by atoms with Gasteiger partial charge in [-0.05, 0) is 20.8 Å². The Morgan fingerprint density at radius 2 is 1.82 bits per heavy atom. The fraction of sp³-hybridized carbons (Fsp3) is 0.917. The van der Waals surface area contributed by atoms with E-state index in [2.05, 4.69) is 5.32 Å². The molecule has 1 rings (SSSR count). The van der Waals surface area contributed by atoms with Crippen LogP contribution in [0.1, 0.15) is 34.6 Å². The summed E-state index contributed by atoms with van der Waals surface area (Å²) < 4.78 is 16.1. The zero-order chi connectivity index (χ0) is 13.1. The molecule has 5 nitrogen and oxygen atoms in total. The van der Waals surface area contributed by atoms with Gasteiger partial charge in [0.15, 0.2) is 6.29 Å². The number of amides is 1. The van der Waals surface area contributed by atoms with Crippen LogP contribution in [-0.4, -0.2) is 37.2 Å². The van der Waals surface area contributed by atoms with Crippen molar-refractivity contribution in [2.24, 2.45) is 5.92 Å². The van der Waals surface area contributed by atoms with Crippen LogP contribution < -0.4 is 5.32 Å². The highest BCUT2D eigenvalue weighted by atomic mass is 16.7. The Morgan fingerprint density at radius 3 is 2.24 bits per heavy atom. The van der Waals surface area contributed by atoms with Crippen molar-refractivity contribution in [2.75, 3.05) is 13.2 Å². The molecule has 1 aliphatic rings. The van der Waals surface area contributed by atoms with E-state index in [1.54, 1.807) is 0 Å². The van der Waals surface area contributed by atoms with E-state index in [4.69, 9.17) is 14.2 Å². The molecule has 1 amide bonds. The van der Waals surface area contributed by atoms with Gasteiger partial charge in [0.25, 0.3) is 0 Å². The summed E-state index contributed by atoms with van der Waals surface area (Å²) in [4.78, 5) is 11.5. The number of nitrogens with one attached hydrogen (secondary N) is 1. The van der Waals surface area contributed by atoms with Crippen LogP contribution in [0, 0.1) is 5.92 Å². The van der Waals surface area contributed by atoms with Gasteiger partial charge in [0.2, 0.25) is 0 Å². The molecule has 1 saturated heterocycles. The molecule has 1 fully saturated rings. The molecule has 0 aromatic rings. The Morgan fingerprint density at radius 1 is 1.29 bits per heavy atom. The summed E-state index contributed by atoms with van der Waals surface area (Å²) in [5.74, 6) is 0.317. The number of alkyl carbamates (subject to hydrolysis) is 1. The molecule has 5 heteroatoms. The highest BCUT2D eigenvalue weighted by molar-refractivity contribution is 5.68. The van der Waals surface area contributed by atoms with Crippen molar-refractivity contribution in [3.63, 3.8) is 0 Å². The minimum atomic E-state index is -0.485. The van der Waals surface area contributed by atoms with Crippen LogP contribution in [0.5, 0.6) is 0 Å². The van der Waals surface area contributed by atoms with Crippen molar-refractivity contribution in [2.45, 2.75) is 52.6 Å². The zero-order valence-electron chi connectivity index (χ0n) is 11.3. The molecule has 0 bridgehead atoms. The summed E-state index contributed by atoms with van der Waals surface area (Å²) in [5.41, 5.74) is -0.485. The molecule has 0 atom stereocenters. The molecule has 0 aromatic carbocycles. The maximum absolute atomic E-state index is 11.5. The molecular weight excluding hydrogens is 222 g/mol. The minimum absolute atomic E-state index is 0.139. The van der Waals surface area contributed by atoms with Crippen LogP contribution in [0.3, 0.4) is 0 Å². The summed E-state index contributed by atoms with van der Waals surface area (Å²) in [6.45, 7) is 10.5. The summed E-state index contributed by atoms with van der Waals surface area (Å²) in [6, 6.07) is -0.139. The van der Waals surface area contributed by atoms with Crippen LogP contribution in [0.4, 0.5) is 4.79 Å². The van der Waals surface area contributed by atoms with Crippen LogP contribution in [0.15, 0.2) is 0 Å². The van der Waals surface area contributed by atoms with Gasteiger partial charge >= 0.3 is 6.09 Å². The lowest BCUT2D eigenvalue weighted by atomic mass is 10.2. The van der Waals surface area contributed by atoms with Crippen molar-refractivity contribution in [3.05, 3.63) is 0 Å². The van der Waals surface area contributed by atoms with Gasteiger partial charge in [-0.3, -0.25) is 0 Å². The lowest BCUT2D eigenvalue weighted by Crippen LogP contribution is -2.49. The standard InChI is InChI=1S/C12H23NO4/c1-8(2)10-15-6-9(7-16-10)13-11(14)17-12(3,4)5/h8-10H,6-7H2,1-5H3,(H,13,14). The smallest absolute Gasteiger partial charge is 0.408 e. The normalized spacial score (nSPS) is 25.8. The average Bonchev–Trinajstić information content (AvgIpc) is 2.15. The summed E-state index contributed by atoms with van der Waals surface area (Å²) >= 11 is 0. The number of rotatable bonds is 2. The average molecular weight is 245 g/mol. The topological polar surface area (TPSA) is 56.8 Å². The molecule has 100 valence electrons. The summed E-state index contributed by atoms with van der Waals surface area (Å²) in [7, 11) is 0. The predicted octanol–water partition coefficient (Wildman–Crippen LogP) is 1.91. The van der Waals surface area contributed by atoms with Gasteiger partial charge in [-0.15, -0.1) is 0 Å². The van der Waals surface area contributed by atoms with Gasteiger partial charge in [-0.1, -0.05) is 13.8 Å². The van der Waals surface area contributed by atoms with E-state index in [1.165, 1.54) is 0 Å². The van der Waals surface area contributed by atoms with E-state index >= 15 is 0 Å². The fourth-order valence-corrected chi connectivity index (χ4v) is 1.46. The van der Waals surface area contributed by atoms with Crippen molar-refractivity contribution in [1.82, 2.24) is 5.32 Å². The molecule has 0 unspecified atom stereocenters. The quantitative estimate of drug-likeness (QED) is 0.807. The third-order valence-electron chi connectivity index (χ3n) is 2.19. The molecule has 0 saturated carbocycles. The summed E-state index contributed by atoms with van der Waals surface area (Å²) in [6.07, 6.45) is -0.607. The van der Waals surface area contributed by atoms with Gasteiger partial charge < -0.3 is 19.5 Å². The maximum Gasteiger partial charge on any atom is 0.408 e. The highest BCUT2D eigenvalue weighted by Crippen LogP contribution is 2.14. The van der Waals surface area contributed by atoms with Crippen LogP contribution in [0.2, 0.25) is 0 Å². The van der Waals surface area contributed by atoms with Crippen LogP contribution in [-0.2, 0) is 14.2 Å². The van der Waals surface area contributed by atoms with E-state index < -0.39 is 11.7 Å². The Hall–Kier alpha value is -0.810. The monoisotopic (exact) mass is 245 g/mol. The molecule has 1 heterocycles. The van der Waals surface area contributed by atoms with E-state index in [-0.39, 0.29) is 12.3 Å². The fourth-order valence-electron chi connectivity index (χ4n) is 1.46. The number of carbonyl (C=O) groups excluding carboxylic acids is 1. The molecule has 0 aromatic heterocycles. The SMILES string of the molecule is CC(C)C1OCC(NC(=O)OC(C)(C)C)CO1. The lowest BCUT2D eigenvalue weighted by molar-refractivity contribution is -0.208. The third kappa shape index (κ3) is 5.37. The van der Waals surface area contributed by atoms with Gasteiger partial charge in [-0.25, -0.2) is 4.79 Å². The largest absolute Gasteiger partial charge is 0.444 e. The first-order chi connectivity index (χ1) is 7.78. The van der Waals surface area contributed by atoms with Crippen molar-refractivity contribution < 1.29 is 19.0 Å². The second-order valence-electron chi connectivity index (χ2n) is 5.62. The lowest BCUT2D eigenvalue weighted by Gasteiger charge is -2.32. The predicted molar refractivity (Wildman–Crippen MR) is 63.7 cm³/mol.